The summed E-state index contributed by atoms with van der Waals surface area (Å²) in [5.74, 6) is -2.04. The molecule has 4 N–H and O–H groups in total. The first-order valence-corrected chi connectivity index (χ1v) is 16.3. The number of halogens is 1. The molecule has 1 fully saturated rings. The van der Waals surface area contributed by atoms with Crippen molar-refractivity contribution in [3.63, 3.8) is 0 Å². The summed E-state index contributed by atoms with van der Waals surface area (Å²) in [4.78, 5) is 28.8. The summed E-state index contributed by atoms with van der Waals surface area (Å²) < 4.78 is 5.95. The van der Waals surface area contributed by atoms with Crippen LogP contribution in [0.2, 0.25) is 0 Å². The Morgan fingerprint density at radius 1 is 1.09 bits per heavy atom. The van der Waals surface area contributed by atoms with Gasteiger partial charge in [-0.25, -0.2) is 0 Å². The van der Waals surface area contributed by atoms with E-state index in [9.17, 15) is 24.9 Å². The number of allylic oxidation sites excluding steroid dienone is 2. The summed E-state index contributed by atoms with van der Waals surface area (Å²) >= 11 is 2.06. The molecule has 4 atom stereocenters. The molecule has 5 rings (SSSR count). The number of benzene rings is 3. The summed E-state index contributed by atoms with van der Waals surface area (Å²) in [5, 5.41) is 35.6. The van der Waals surface area contributed by atoms with Crippen LogP contribution in [0.1, 0.15) is 45.1 Å². The molecule has 9 heteroatoms. The average Bonchev–Trinajstić information content (AvgIpc) is 3.30. The molecule has 0 saturated carbocycles. The van der Waals surface area contributed by atoms with E-state index in [1.165, 1.54) is 12.0 Å². The zero-order valence-electron chi connectivity index (χ0n) is 25.7. The van der Waals surface area contributed by atoms with Crippen molar-refractivity contribution in [2.45, 2.75) is 45.6 Å². The van der Waals surface area contributed by atoms with Crippen molar-refractivity contribution in [2.75, 3.05) is 23.9 Å². The van der Waals surface area contributed by atoms with Gasteiger partial charge in [-0.2, -0.15) is 0 Å². The van der Waals surface area contributed by atoms with E-state index in [4.69, 9.17) is 4.74 Å². The summed E-state index contributed by atoms with van der Waals surface area (Å²) in [6.45, 7) is 3.63. The Morgan fingerprint density at radius 2 is 1.78 bits per heavy atom. The number of rotatable bonds is 11. The van der Waals surface area contributed by atoms with Gasteiger partial charge in [0, 0.05) is 17.3 Å². The molecule has 1 saturated heterocycles. The zero-order chi connectivity index (χ0) is 32.2. The van der Waals surface area contributed by atoms with Crippen LogP contribution in [-0.2, 0) is 9.59 Å². The summed E-state index contributed by atoms with van der Waals surface area (Å²) in [7, 11) is 1.51. The van der Waals surface area contributed by atoms with E-state index in [2.05, 4.69) is 27.9 Å². The normalized spacial score (nSPS) is 20.8. The number of nitrogens with one attached hydrogen (secondary N) is 1. The van der Waals surface area contributed by atoms with Gasteiger partial charge in [0.15, 0.2) is 11.5 Å². The summed E-state index contributed by atoms with van der Waals surface area (Å²) in [6.07, 6.45) is 3.12. The molecule has 8 nitrogen and oxygen atoms in total. The van der Waals surface area contributed by atoms with E-state index in [0.717, 1.165) is 28.1 Å². The SMILES string of the molecule is CCC1=C([C@H](O)CC/C(C)=C/c2cc(I)c(O)c(OC)c2)[C@H](CO)[C@@H]2C(=O)N(c3ccc(Nc4ccccc4)cc3)C(=O)[C@@H]2C1. The lowest BCUT2D eigenvalue weighted by Crippen LogP contribution is -2.39. The van der Waals surface area contributed by atoms with E-state index >= 15 is 0 Å². The highest BCUT2D eigenvalue weighted by molar-refractivity contribution is 14.1. The molecule has 236 valence electrons. The zero-order valence-corrected chi connectivity index (χ0v) is 27.8. The molecule has 0 aromatic heterocycles. The Morgan fingerprint density at radius 3 is 2.42 bits per heavy atom. The Hall–Kier alpha value is -3.67. The Kier molecular flexibility index (Phi) is 10.3. The van der Waals surface area contributed by atoms with Gasteiger partial charge >= 0.3 is 0 Å². The highest BCUT2D eigenvalue weighted by atomic mass is 127. The highest BCUT2D eigenvalue weighted by Crippen LogP contribution is 2.48. The van der Waals surface area contributed by atoms with Crippen LogP contribution in [-0.4, -0.2) is 47.0 Å². The fourth-order valence-corrected chi connectivity index (χ4v) is 7.27. The second-order valence-corrected chi connectivity index (χ2v) is 12.8. The van der Waals surface area contributed by atoms with Crippen LogP contribution in [0.25, 0.3) is 6.08 Å². The topological polar surface area (TPSA) is 119 Å². The van der Waals surface area contributed by atoms with E-state index < -0.39 is 23.9 Å². The molecule has 2 amide bonds. The van der Waals surface area contributed by atoms with E-state index in [0.29, 0.717) is 46.3 Å². The molecule has 0 spiro atoms. The van der Waals surface area contributed by atoms with Gasteiger partial charge < -0.3 is 25.4 Å². The first kappa shape index (κ1) is 32.7. The molecule has 0 unspecified atom stereocenters. The van der Waals surface area contributed by atoms with Crippen LogP contribution < -0.4 is 15.0 Å². The van der Waals surface area contributed by atoms with Crippen molar-refractivity contribution >= 4 is 57.5 Å². The molecule has 45 heavy (non-hydrogen) atoms. The largest absolute Gasteiger partial charge is 0.504 e. The molecule has 0 bridgehead atoms. The molecule has 3 aromatic carbocycles. The molecule has 0 radical (unpaired) electrons. The van der Waals surface area contributed by atoms with Gasteiger partial charge in [-0.1, -0.05) is 42.3 Å². The minimum atomic E-state index is -0.865. The van der Waals surface area contributed by atoms with E-state index in [-0.39, 0.29) is 24.2 Å². The van der Waals surface area contributed by atoms with E-state index in [1.807, 2.05) is 68.5 Å². The number of aliphatic hydroxyl groups is 2. The predicted octanol–water partition coefficient (Wildman–Crippen LogP) is 6.82. The van der Waals surface area contributed by atoms with Gasteiger partial charge in [-0.3, -0.25) is 14.5 Å². The van der Waals surface area contributed by atoms with Gasteiger partial charge in [-0.15, -0.1) is 0 Å². The maximum atomic E-state index is 13.9. The van der Waals surface area contributed by atoms with Gasteiger partial charge in [0.25, 0.3) is 0 Å². The monoisotopic (exact) mass is 722 g/mol. The van der Waals surface area contributed by atoms with Gasteiger partial charge in [-0.05, 0) is 115 Å². The number of fused-ring (bicyclic) bond motifs is 1. The number of aliphatic hydroxyl groups excluding tert-OH is 2. The van der Waals surface area contributed by atoms with Crippen molar-refractivity contribution in [1.29, 1.82) is 0 Å². The highest BCUT2D eigenvalue weighted by Gasteiger charge is 2.55. The fourth-order valence-electron chi connectivity index (χ4n) is 6.64. The molecule has 3 aromatic rings. The third-order valence-electron chi connectivity index (χ3n) is 8.85. The number of ether oxygens (including phenoxy) is 1. The lowest BCUT2D eigenvalue weighted by molar-refractivity contribution is -0.123. The number of anilines is 3. The number of phenolic OH excluding ortho intramolecular Hbond substituents is 1. The minimum Gasteiger partial charge on any atom is -0.504 e. The number of methoxy groups -OCH3 is 1. The Labute approximate surface area is 277 Å². The second-order valence-electron chi connectivity index (χ2n) is 11.7. The first-order chi connectivity index (χ1) is 21.7. The number of hydrogen-bond acceptors (Lipinski definition) is 7. The number of para-hydroxylation sites is 1. The van der Waals surface area contributed by atoms with Gasteiger partial charge in [0.2, 0.25) is 11.8 Å². The van der Waals surface area contributed by atoms with Crippen molar-refractivity contribution in [3.8, 4) is 11.5 Å². The van der Waals surface area contributed by atoms with Crippen LogP contribution in [0.5, 0.6) is 11.5 Å². The summed E-state index contributed by atoms with van der Waals surface area (Å²) in [6, 6.07) is 20.6. The van der Waals surface area contributed by atoms with Crippen molar-refractivity contribution in [2.24, 2.45) is 17.8 Å². The minimum absolute atomic E-state index is 0.101. The predicted molar refractivity (Wildman–Crippen MR) is 184 cm³/mol. The van der Waals surface area contributed by atoms with E-state index in [1.54, 1.807) is 18.2 Å². The second kappa shape index (κ2) is 14.2. The van der Waals surface area contributed by atoms with Crippen LogP contribution in [0, 0.1) is 21.3 Å². The smallest absolute Gasteiger partial charge is 0.238 e. The number of carbonyl (C=O) groups excluding carboxylic acids is 2. The molecule has 1 heterocycles. The molecule has 1 aliphatic carbocycles. The summed E-state index contributed by atoms with van der Waals surface area (Å²) in [5.41, 5.74) is 5.79. The van der Waals surface area contributed by atoms with Crippen LogP contribution >= 0.6 is 22.6 Å². The number of aromatic hydroxyl groups is 1. The average molecular weight is 723 g/mol. The van der Waals surface area contributed by atoms with Crippen molar-refractivity contribution in [3.05, 3.63) is 92.6 Å². The number of hydrogen-bond donors (Lipinski definition) is 4. The Balaban J connectivity index is 1.32. The third kappa shape index (κ3) is 6.80. The molecular weight excluding hydrogens is 683 g/mol. The third-order valence-corrected chi connectivity index (χ3v) is 9.67. The molecule has 2 aliphatic rings. The maximum absolute atomic E-state index is 13.9. The van der Waals surface area contributed by atoms with Gasteiger partial charge in [0.05, 0.1) is 40.9 Å². The number of imide groups is 1. The number of carbonyl (C=O) groups is 2. The quantitative estimate of drug-likeness (QED) is 0.0975. The van der Waals surface area contributed by atoms with Crippen molar-refractivity contribution in [1.82, 2.24) is 0 Å². The lowest BCUT2D eigenvalue weighted by atomic mass is 9.67. The standard InChI is InChI=1S/C36H39IN2O6/c1-4-23-19-27-33(36(44)39(35(27)43)26-13-11-25(12-14-26)38-24-8-6-5-7-9-24)28(20-40)32(23)30(41)15-10-21(2)16-22-17-29(37)34(42)31(18-22)45-3/h5-9,11-14,16-18,27-28,30,33,38,40-42H,4,10,15,19-20H2,1-3H3/b21-16+/t27-,28+,30-,33-/m1/s1. The number of phenols is 1. The number of amides is 2. The number of nitrogens with zero attached hydrogens (tertiary/aromatic N) is 1. The fraction of sp³-hybridized carbons (Fsp3) is 0.333. The van der Waals surface area contributed by atoms with Crippen molar-refractivity contribution < 1.29 is 29.6 Å². The van der Waals surface area contributed by atoms with Crippen LogP contribution in [0.4, 0.5) is 17.1 Å². The molecule has 1 aliphatic heterocycles. The Bertz CT molecular complexity index is 1620. The first-order valence-electron chi connectivity index (χ1n) is 15.2. The van der Waals surface area contributed by atoms with Crippen LogP contribution in [0.3, 0.4) is 0 Å². The molecular formula is C36H39IN2O6. The van der Waals surface area contributed by atoms with Gasteiger partial charge in [0.1, 0.15) is 0 Å². The lowest BCUT2D eigenvalue weighted by Gasteiger charge is -2.36. The maximum Gasteiger partial charge on any atom is 0.238 e. The van der Waals surface area contributed by atoms with Crippen LogP contribution in [0.15, 0.2) is 83.4 Å².